The second-order valence-electron chi connectivity index (χ2n) is 3.33. The lowest BCUT2D eigenvalue weighted by atomic mass is 10.3. The average molecular weight is 272 g/mol. The number of hydrogen-bond donors (Lipinski definition) is 0. The van der Waals surface area contributed by atoms with E-state index in [1.807, 2.05) is 43.3 Å². The molecule has 84 valence electrons. The molecule has 0 aliphatic heterocycles. The first kappa shape index (κ1) is 11.6. The number of aromatic nitrogens is 1. The average Bonchev–Trinajstić information content (AvgIpc) is 2.66. The molecule has 0 N–H and O–H groups in total. The van der Waals surface area contributed by atoms with Crippen molar-refractivity contribution in [2.45, 2.75) is 0 Å². The zero-order valence-electron chi connectivity index (χ0n) is 8.85. The molecule has 16 heavy (non-hydrogen) atoms. The van der Waals surface area contributed by atoms with Crippen molar-refractivity contribution >= 4 is 43.1 Å². The summed E-state index contributed by atoms with van der Waals surface area (Å²) >= 11 is 5.88. The summed E-state index contributed by atoms with van der Waals surface area (Å²) in [4.78, 5) is 11.5. The minimum absolute atomic E-state index is 0.689. The minimum Gasteiger partial charge on any atom is -0.353 e. The van der Waals surface area contributed by atoms with E-state index in [0.29, 0.717) is 5.02 Å². The van der Waals surface area contributed by atoms with Crippen LogP contribution < -0.4 is 9.70 Å². The van der Waals surface area contributed by atoms with Gasteiger partial charge in [0.05, 0.1) is 5.69 Å². The molecule has 0 saturated carbocycles. The standard InChI is InChI=1S/C10H10ClN3S2/c1-14(2)10-13-9(15-16-10)12-8-5-3-4-7(11)6-8/h3-6H,1-2H3/b12-9-. The number of benzene rings is 1. The molecule has 0 fully saturated rings. The fraction of sp³-hybridized carbons (Fsp3) is 0.200. The van der Waals surface area contributed by atoms with Crippen LogP contribution in [0.2, 0.25) is 5.02 Å². The first-order chi connectivity index (χ1) is 7.65. The molecule has 0 bridgehead atoms. The number of nitrogens with zero attached hydrogens (tertiary/aromatic N) is 3. The lowest BCUT2D eigenvalue weighted by molar-refractivity contribution is 1.08. The SMILES string of the molecule is CN(C)c1n/c(=N/c2cccc(Cl)c2)ss1. The molecule has 1 aromatic heterocycles. The summed E-state index contributed by atoms with van der Waals surface area (Å²) in [6.45, 7) is 0. The maximum atomic E-state index is 5.88. The van der Waals surface area contributed by atoms with E-state index in [1.54, 1.807) is 20.7 Å². The van der Waals surface area contributed by atoms with Crippen LogP contribution in [0.25, 0.3) is 0 Å². The molecule has 0 radical (unpaired) electrons. The third kappa shape index (κ3) is 2.81. The number of halogens is 1. The summed E-state index contributed by atoms with van der Waals surface area (Å²) in [5, 5.41) is 1.65. The number of rotatable bonds is 2. The zero-order valence-corrected chi connectivity index (χ0v) is 11.2. The van der Waals surface area contributed by atoms with E-state index in [4.69, 9.17) is 11.6 Å². The minimum atomic E-state index is 0.689. The van der Waals surface area contributed by atoms with Gasteiger partial charge in [0.1, 0.15) is 0 Å². The monoisotopic (exact) mass is 271 g/mol. The van der Waals surface area contributed by atoms with Crippen LogP contribution >= 0.6 is 32.3 Å². The van der Waals surface area contributed by atoms with Crippen LogP contribution in [0.4, 0.5) is 10.8 Å². The Morgan fingerprint density at radius 1 is 1.31 bits per heavy atom. The molecule has 0 aliphatic rings. The topological polar surface area (TPSA) is 28.5 Å². The van der Waals surface area contributed by atoms with Crippen LogP contribution in [0.5, 0.6) is 0 Å². The van der Waals surface area contributed by atoms with Gasteiger partial charge in [-0.25, -0.2) is 4.99 Å². The Hall–Kier alpha value is -0.910. The van der Waals surface area contributed by atoms with Crippen molar-refractivity contribution in [3.8, 4) is 0 Å². The van der Waals surface area contributed by atoms with Gasteiger partial charge in [-0.05, 0) is 38.9 Å². The van der Waals surface area contributed by atoms with Gasteiger partial charge in [-0.15, -0.1) is 0 Å². The molecule has 0 amide bonds. The van der Waals surface area contributed by atoms with Gasteiger partial charge in [-0.1, -0.05) is 17.7 Å². The Morgan fingerprint density at radius 3 is 2.75 bits per heavy atom. The van der Waals surface area contributed by atoms with Crippen molar-refractivity contribution in [1.29, 1.82) is 0 Å². The quantitative estimate of drug-likeness (QED) is 0.785. The van der Waals surface area contributed by atoms with Crippen molar-refractivity contribution < 1.29 is 0 Å². The van der Waals surface area contributed by atoms with Crippen LogP contribution in [0.15, 0.2) is 29.3 Å². The van der Waals surface area contributed by atoms with Crippen molar-refractivity contribution in [3.63, 3.8) is 0 Å². The largest absolute Gasteiger partial charge is 0.353 e. The van der Waals surface area contributed by atoms with Crippen LogP contribution in [-0.4, -0.2) is 19.1 Å². The molecule has 1 heterocycles. The molecule has 3 nitrogen and oxygen atoms in total. The second-order valence-corrected chi connectivity index (χ2v) is 5.83. The summed E-state index contributed by atoms with van der Waals surface area (Å²) in [5.74, 6) is 0. The molecule has 0 saturated heterocycles. The van der Waals surface area contributed by atoms with Crippen LogP contribution in [0.3, 0.4) is 0 Å². The lowest BCUT2D eigenvalue weighted by Gasteiger charge is -2.03. The first-order valence-electron chi connectivity index (χ1n) is 4.60. The van der Waals surface area contributed by atoms with Gasteiger partial charge in [-0.3, -0.25) is 0 Å². The zero-order chi connectivity index (χ0) is 11.5. The van der Waals surface area contributed by atoms with Crippen molar-refractivity contribution in [2.24, 2.45) is 4.99 Å². The molecule has 1 aromatic carbocycles. The molecular weight excluding hydrogens is 262 g/mol. The van der Waals surface area contributed by atoms with Crippen LogP contribution in [0, 0.1) is 0 Å². The highest BCUT2D eigenvalue weighted by molar-refractivity contribution is 7.69. The summed E-state index contributed by atoms with van der Waals surface area (Å²) in [7, 11) is 7.10. The van der Waals surface area contributed by atoms with Crippen molar-refractivity contribution in [3.05, 3.63) is 34.1 Å². The molecule has 6 heteroatoms. The third-order valence-electron chi connectivity index (χ3n) is 1.80. The molecule has 2 rings (SSSR count). The van der Waals surface area contributed by atoms with Crippen LogP contribution in [0.1, 0.15) is 0 Å². The normalized spacial score (nSPS) is 11.8. The van der Waals surface area contributed by atoms with Gasteiger partial charge in [0.15, 0.2) is 5.13 Å². The fourth-order valence-electron chi connectivity index (χ4n) is 1.07. The Bertz CT molecular complexity index is 545. The summed E-state index contributed by atoms with van der Waals surface area (Å²) < 4.78 is 0. The summed E-state index contributed by atoms with van der Waals surface area (Å²) in [5.41, 5.74) is 0.833. The fourth-order valence-corrected chi connectivity index (χ4v) is 3.23. The Balaban J connectivity index is 2.36. The highest BCUT2D eigenvalue weighted by Gasteiger charge is 2.00. The third-order valence-corrected chi connectivity index (χ3v) is 4.20. The van der Waals surface area contributed by atoms with E-state index in [-0.39, 0.29) is 0 Å². The number of hydrogen-bond acceptors (Lipinski definition) is 5. The summed E-state index contributed by atoms with van der Waals surface area (Å²) in [6, 6.07) is 7.44. The lowest BCUT2D eigenvalue weighted by Crippen LogP contribution is -2.10. The van der Waals surface area contributed by atoms with Gasteiger partial charge in [-0.2, -0.15) is 4.98 Å². The highest BCUT2D eigenvalue weighted by atomic mass is 35.5. The summed E-state index contributed by atoms with van der Waals surface area (Å²) in [6.07, 6.45) is 0. The molecular formula is C10H10ClN3S2. The Morgan fingerprint density at radius 2 is 2.12 bits per heavy atom. The molecule has 0 spiro atoms. The second kappa shape index (κ2) is 4.95. The Labute approximate surface area is 106 Å². The predicted octanol–water partition coefficient (Wildman–Crippen LogP) is 3.16. The van der Waals surface area contributed by atoms with Crippen molar-refractivity contribution in [1.82, 2.24) is 4.98 Å². The van der Waals surface area contributed by atoms with Gasteiger partial charge < -0.3 is 4.90 Å². The molecule has 0 unspecified atom stereocenters. The van der Waals surface area contributed by atoms with Crippen molar-refractivity contribution in [2.75, 3.05) is 19.0 Å². The number of anilines is 1. The predicted molar refractivity (Wildman–Crippen MR) is 71.0 cm³/mol. The smallest absolute Gasteiger partial charge is 0.222 e. The van der Waals surface area contributed by atoms with Gasteiger partial charge in [0.25, 0.3) is 0 Å². The molecule has 0 atom stereocenters. The van der Waals surface area contributed by atoms with E-state index >= 15 is 0 Å². The Kier molecular flexibility index (Phi) is 3.58. The maximum absolute atomic E-state index is 5.88. The van der Waals surface area contributed by atoms with Gasteiger partial charge in [0, 0.05) is 19.1 Å². The van der Waals surface area contributed by atoms with Gasteiger partial charge >= 0.3 is 0 Å². The highest BCUT2D eigenvalue weighted by Crippen LogP contribution is 2.19. The van der Waals surface area contributed by atoms with E-state index in [2.05, 4.69) is 9.98 Å². The molecule has 2 aromatic rings. The van der Waals surface area contributed by atoms with E-state index in [9.17, 15) is 0 Å². The first-order valence-corrected chi connectivity index (χ1v) is 7.13. The van der Waals surface area contributed by atoms with Crippen LogP contribution in [-0.2, 0) is 0 Å². The maximum Gasteiger partial charge on any atom is 0.222 e. The van der Waals surface area contributed by atoms with Gasteiger partial charge in [0.2, 0.25) is 4.80 Å². The van der Waals surface area contributed by atoms with E-state index in [0.717, 1.165) is 15.6 Å². The van der Waals surface area contributed by atoms with E-state index in [1.165, 1.54) is 0 Å². The molecule has 0 aliphatic carbocycles. The van der Waals surface area contributed by atoms with E-state index < -0.39 is 0 Å².